The number of phenols is 3. The molecule has 2 amide bonds. The molecule has 25 heteroatoms. The number of aliphatic hydroxyl groups excluding tert-OH is 3. The summed E-state index contributed by atoms with van der Waals surface area (Å²) in [5, 5.41) is 102. The van der Waals surface area contributed by atoms with Crippen molar-refractivity contribution in [1.29, 1.82) is 0 Å². The minimum atomic E-state index is -2.04. The quantitative estimate of drug-likeness (QED) is 0.0398. The molecule has 8 N–H and O–H groups in total. The third-order valence-electron chi connectivity index (χ3n) is 10.3. The van der Waals surface area contributed by atoms with E-state index in [1.807, 2.05) is 0 Å². The van der Waals surface area contributed by atoms with Crippen molar-refractivity contribution in [3.8, 4) is 34.3 Å². The van der Waals surface area contributed by atoms with Gasteiger partial charge < -0.3 is 84.9 Å². The molecule has 24 nitrogen and oxygen atoms in total. The van der Waals surface area contributed by atoms with Crippen LogP contribution in [0.1, 0.15) is 0 Å². The molecule has 2 aliphatic rings. The fraction of sp³-hybridized carbons (Fsp3) is 0.487. The molecule has 344 valence electrons. The maximum absolute atomic E-state index is 13.2. The molecule has 2 aromatic carbocycles. The van der Waals surface area contributed by atoms with Gasteiger partial charge in [-0.2, -0.15) is 0 Å². The van der Waals surface area contributed by atoms with Crippen LogP contribution in [0.3, 0.4) is 0 Å². The zero-order valence-electron chi connectivity index (χ0n) is 34.2. The predicted octanol–water partition coefficient (Wildman–Crippen LogP) is -7.91. The number of carbonyl (C=O) groups is 5. The van der Waals surface area contributed by atoms with E-state index < -0.39 is 108 Å². The second kappa shape index (κ2) is 23.4. The van der Waals surface area contributed by atoms with Gasteiger partial charge in [0, 0.05) is 103 Å². The van der Waals surface area contributed by atoms with Gasteiger partial charge in [-0.25, -0.2) is 0 Å². The summed E-state index contributed by atoms with van der Waals surface area (Å²) in [6.07, 6.45) is -9.91. The third kappa shape index (κ3) is 14.0. The van der Waals surface area contributed by atoms with E-state index in [1.54, 1.807) is 4.90 Å². The number of nitrogens with zero attached hydrogens (tertiary/aromatic N) is 4. The van der Waals surface area contributed by atoms with E-state index in [0.717, 1.165) is 12.1 Å². The summed E-state index contributed by atoms with van der Waals surface area (Å²) in [7, 11) is 0. The minimum Gasteiger partial charge on any atom is -0.549 e. The van der Waals surface area contributed by atoms with Crippen molar-refractivity contribution in [3.63, 3.8) is 0 Å². The van der Waals surface area contributed by atoms with Crippen LogP contribution in [0.4, 0.5) is 0 Å². The van der Waals surface area contributed by atoms with Gasteiger partial charge in [-0.1, -0.05) is 0 Å². The SMILES string of the molecule is O=C([O-])CN1CCN(CC(=O)[O-])CCN(CC(=O)NCCNC(=O)[C@H]2OC(Oc3cc4oc(-c5ccc(O)cc5)cc(=O)c4c(O)c3O)[C@H](O)[C@@H](O)[C@@H]2O)CCN(CC(=O)[O-])CC1.[68Ga+3]. The van der Waals surface area contributed by atoms with Crippen LogP contribution in [0.15, 0.2) is 45.6 Å². The molecule has 3 aromatic rings. The average Bonchev–Trinajstić information content (AvgIpc) is 3.21. The first-order valence-corrected chi connectivity index (χ1v) is 19.6. The number of carboxylic acid groups (broad SMARTS) is 3. The number of hydrogen-bond donors (Lipinski definition) is 8. The largest absolute Gasteiger partial charge is 3.00 e. The van der Waals surface area contributed by atoms with E-state index in [-0.39, 0.29) is 109 Å². The number of rotatable bonds is 15. The fourth-order valence-electron chi connectivity index (χ4n) is 6.92. The first kappa shape index (κ1) is 51.2. The van der Waals surface area contributed by atoms with Crippen LogP contribution >= 0.6 is 0 Å². The van der Waals surface area contributed by atoms with E-state index in [0.29, 0.717) is 5.56 Å². The number of aliphatic hydroxyl groups is 3. The number of nitrogens with one attached hydrogen (secondary N) is 2. The van der Waals surface area contributed by atoms with E-state index in [2.05, 4.69) is 10.6 Å². The van der Waals surface area contributed by atoms with E-state index in [9.17, 15) is 74.7 Å². The third-order valence-corrected chi connectivity index (χ3v) is 10.3. The number of carboxylic acids is 3. The van der Waals surface area contributed by atoms with Gasteiger partial charge >= 0.3 is 19.8 Å². The first-order chi connectivity index (χ1) is 29.9. The van der Waals surface area contributed by atoms with Gasteiger partial charge in [-0.05, 0) is 24.3 Å². The molecule has 0 bridgehead atoms. The standard InChI is InChI=1S/C39H50N6O18.Ga/c46-22-3-1-21(2-4-22)24-15-23(47)31-25(61-24)16-26(32(55)33(31)56)62-39-36(59)34(57)35(58)37(63-39)38(60)41-6-5-40-27(48)17-42-7-9-43(18-28(49)50)11-13-45(20-30(53)54)14-12-44(10-8-42)19-29(51)52;/h1-4,15-16,34-37,39,46,55-59H,5-14,17-20H2,(H,40,48)(H,41,60)(H,49,50)(H,51,52)(H,53,54);/q;+3/p-3/t34-,35-,36+,37-,39?;/m0./s1/i;1-2. The van der Waals surface area contributed by atoms with Crippen LogP contribution in [-0.2, 0) is 28.7 Å². The van der Waals surface area contributed by atoms with Gasteiger partial charge in [0.2, 0.25) is 17.9 Å². The molecule has 0 spiro atoms. The Bertz CT molecular complexity index is 2150. The average molecular weight is 956 g/mol. The van der Waals surface area contributed by atoms with Crippen molar-refractivity contribution >= 4 is 60.5 Å². The molecule has 2 aliphatic heterocycles. The van der Waals surface area contributed by atoms with Gasteiger partial charge in [-0.15, -0.1) is 0 Å². The number of amides is 2. The number of aliphatic carboxylic acids is 3. The first-order valence-electron chi connectivity index (χ1n) is 19.6. The van der Waals surface area contributed by atoms with Crippen molar-refractivity contribution < 1.29 is 83.8 Å². The van der Waals surface area contributed by atoms with Crippen molar-refractivity contribution in [1.82, 2.24) is 30.2 Å². The number of benzene rings is 2. The number of aromatic hydroxyl groups is 3. The summed E-state index contributed by atoms with van der Waals surface area (Å²) in [5.41, 5.74) is -0.685. The zero-order valence-corrected chi connectivity index (χ0v) is 36.6. The Balaban J connectivity index is 0.00000898. The summed E-state index contributed by atoms with van der Waals surface area (Å²) < 4.78 is 16.8. The Hall–Kier alpha value is -5.48. The molecular weight excluding hydrogens is 908 g/mol. The number of ether oxygens (including phenoxy) is 2. The second-order valence-electron chi connectivity index (χ2n) is 14.8. The molecule has 2 fully saturated rings. The number of carbonyl (C=O) groups excluding carboxylic acids is 5. The van der Waals surface area contributed by atoms with Gasteiger partial charge in [-0.3, -0.25) is 34.0 Å². The molecule has 2 saturated heterocycles. The molecule has 0 aliphatic carbocycles. The molecule has 0 radical (unpaired) electrons. The Morgan fingerprint density at radius 2 is 1.16 bits per heavy atom. The molecule has 3 heterocycles. The van der Waals surface area contributed by atoms with Crippen LogP contribution in [0.5, 0.6) is 23.0 Å². The van der Waals surface area contributed by atoms with E-state index in [1.165, 1.54) is 39.0 Å². The van der Waals surface area contributed by atoms with Crippen LogP contribution in [0, 0.1) is 0 Å². The van der Waals surface area contributed by atoms with Crippen LogP contribution in [0.25, 0.3) is 22.3 Å². The van der Waals surface area contributed by atoms with Crippen molar-refractivity contribution in [3.05, 3.63) is 46.6 Å². The summed E-state index contributed by atoms with van der Waals surface area (Å²) in [4.78, 5) is 79.4. The topological polar surface area (TPSA) is 362 Å². The van der Waals surface area contributed by atoms with Crippen molar-refractivity contribution in [2.45, 2.75) is 30.7 Å². The summed E-state index contributed by atoms with van der Waals surface area (Å²) in [6, 6.07) is 7.63. The van der Waals surface area contributed by atoms with Crippen LogP contribution in [-0.4, -0.2) is 222 Å². The van der Waals surface area contributed by atoms with Gasteiger partial charge in [0.1, 0.15) is 40.8 Å². The zero-order chi connectivity index (χ0) is 46.0. The fourth-order valence-corrected chi connectivity index (χ4v) is 6.92. The predicted molar refractivity (Wildman–Crippen MR) is 213 cm³/mol. The molecule has 1 aromatic heterocycles. The molecule has 5 rings (SSSR count). The monoisotopic (exact) mass is 955 g/mol. The second-order valence-corrected chi connectivity index (χ2v) is 14.8. The number of phenolic OH excluding ortho intramolecular Hbond substituents is 3. The van der Waals surface area contributed by atoms with Crippen molar-refractivity contribution in [2.24, 2.45) is 0 Å². The Morgan fingerprint density at radius 1 is 0.672 bits per heavy atom. The Labute approximate surface area is 376 Å². The van der Waals surface area contributed by atoms with Crippen molar-refractivity contribution in [2.75, 3.05) is 91.6 Å². The molecule has 1 unspecified atom stereocenters. The summed E-state index contributed by atoms with van der Waals surface area (Å²) in [5.74, 6) is -8.28. The summed E-state index contributed by atoms with van der Waals surface area (Å²) in [6.45, 7) is -1.10. The summed E-state index contributed by atoms with van der Waals surface area (Å²) >= 11 is 0. The molecular formula is C39H47GaN6O18. The van der Waals surface area contributed by atoms with Gasteiger partial charge in [0.05, 0.1) is 24.5 Å². The molecule has 0 saturated carbocycles. The molecule has 64 heavy (non-hydrogen) atoms. The van der Waals surface area contributed by atoms with Gasteiger partial charge in [0.25, 0.3) is 5.91 Å². The smallest absolute Gasteiger partial charge is 0.549 e. The van der Waals surface area contributed by atoms with Crippen LogP contribution < -0.4 is 36.1 Å². The Kier molecular flexibility index (Phi) is 18.7. The normalized spacial score (nSPS) is 22.0. The van der Waals surface area contributed by atoms with Crippen LogP contribution in [0.2, 0.25) is 0 Å². The maximum atomic E-state index is 13.2. The Morgan fingerprint density at radius 3 is 1.66 bits per heavy atom. The number of hydrogen-bond acceptors (Lipinski definition) is 22. The molecule has 5 atom stereocenters. The minimum absolute atomic E-state index is 0. The van der Waals surface area contributed by atoms with Gasteiger partial charge in [0.15, 0.2) is 23.0 Å². The van der Waals surface area contributed by atoms with E-state index >= 15 is 0 Å². The van der Waals surface area contributed by atoms with E-state index in [4.69, 9.17) is 13.9 Å². The number of fused-ring (bicyclic) bond motifs is 1. The maximum Gasteiger partial charge on any atom is 3.00 e.